The van der Waals surface area contributed by atoms with Gasteiger partial charge in [-0.1, -0.05) is 30.3 Å². The number of carbonyl (C=O) groups excluding carboxylic acids is 1. The summed E-state index contributed by atoms with van der Waals surface area (Å²) in [6.45, 7) is 3.20. The van der Waals surface area contributed by atoms with Gasteiger partial charge in [0.15, 0.2) is 6.61 Å². The molecule has 3 rings (SSSR count). The van der Waals surface area contributed by atoms with Crippen molar-refractivity contribution in [1.29, 1.82) is 5.26 Å². The number of carbonyl (C=O) groups is 1. The van der Waals surface area contributed by atoms with Gasteiger partial charge < -0.3 is 15.0 Å². The first-order valence-corrected chi connectivity index (χ1v) is 9.03. The number of likely N-dealkylation sites (tertiary alicyclic amines) is 1. The third kappa shape index (κ3) is 5.08. The van der Waals surface area contributed by atoms with E-state index in [0.717, 1.165) is 32.5 Å². The lowest BCUT2D eigenvalue weighted by molar-refractivity contribution is -0.918. The third-order valence-electron chi connectivity index (χ3n) is 4.74. The van der Waals surface area contributed by atoms with Crippen LogP contribution in [-0.4, -0.2) is 31.6 Å². The van der Waals surface area contributed by atoms with Gasteiger partial charge in [-0.25, -0.2) is 0 Å². The van der Waals surface area contributed by atoms with Crippen molar-refractivity contribution >= 4 is 5.91 Å². The average molecular weight is 350 g/mol. The first-order valence-electron chi connectivity index (χ1n) is 9.03. The average Bonchev–Trinajstić information content (AvgIpc) is 2.69. The van der Waals surface area contributed by atoms with E-state index in [1.165, 1.54) is 5.56 Å². The van der Waals surface area contributed by atoms with E-state index >= 15 is 0 Å². The molecule has 134 valence electrons. The van der Waals surface area contributed by atoms with Gasteiger partial charge in [-0.15, -0.1) is 0 Å². The fourth-order valence-electron chi connectivity index (χ4n) is 3.32. The van der Waals surface area contributed by atoms with E-state index in [0.29, 0.717) is 11.3 Å². The van der Waals surface area contributed by atoms with Crippen molar-refractivity contribution in [2.45, 2.75) is 25.4 Å². The number of nitrogens with one attached hydrogen (secondary N) is 2. The Morgan fingerprint density at radius 2 is 1.81 bits per heavy atom. The first kappa shape index (κ1) is 18.0. The minimum absolute atomic E-state index is 0.00936. The Kier molecular flexibility index (Phi) is 6.24. The van der Waals surface area contributed by atoms with E-state index in [4.69, 9.17) is 10.00 Å². The number of quaternary nitrogens is 1. The van der Waals surface area contributed by atoms with Crippen LogP contribution in [0.5, 0.6) is 5.75 Å². The molecule has 5 nitrogen and oxygen atoms in total. The van der Waals surface area contributed by atoms with E-state index in [-0.39, 0.29) is 18.6 Å². The molecule has 0 radical (unpaired) electrons. The zero-order chi connectivity index (χ0) is 18.2. The van der Waals surface area contributed by atoms with E-state index in [9.17, 15) is 4.79 Å². The van der Waals surface area contributed by atoms with E-state index in [2.05, 4.69) is 29.6 Å². The molecule has 1 fully saturated rings. The van der Waals surface area contributed by atoms with Crippen molar-refractivity contribution in [2.75, 3.05) is 19.7 Å². The lowest BCUT2D eigenvalue weighted by Crippen LogP contribution is -3.12. The summed E-state index contributed by atoms with van der Waals surface area (Å²) in [7, 11) is 0. The Labute approximate surface area is 154 Å². The maximum Gasteiger partial charge on any atom is 0.251 e. The molecule has 1 aliphatic rings. The molecule has 1 amide bonds. The molecule has 1 aliphatic heterocycles. The maximum absolute atomic E-state index is 12.4. The quantitative estimate of drug-likeness (QED) is 0.831. The van der Waals surface area contributed by atoms with Crippen molar-refractivity contribution in [2.24, 2.45) is 0 Å². The Morgan fingerprint density at radius 3 is 2.46 bits per heavy atom. The largest absolute Gasteiger partial charge is 0.479 e. The highest BCUT2D eigenvalue weighted by atomic mass is 16.5. The molecule has 0 unspecified atom stereocenters. The Balaban J connectivity index is 1.45. The summed E-state index contributed by atoms with van der Waals surface area (Å²) < 4.78 is 5.20. The topological polar surface area (TPSA) is 66.6 Å². The van der Waals surface area contributed by atoms with Crippen LogP contribution in [0.4, 0.5) is 0 Å². The van der Waals surface area contributed by atoms with Crippen molar-refractivity contribution in [3.8, 4) is 11.8 Å². The summed E-state index contributed by atoms with van der Waals surface area (Å²) in [6.07, 6.45) is 1.99. The highest BCUT2D eigenvalue weighted by Gasteiger charge is 2.23. The molecule has 0 atom stereocenters. The van der Waals surface area contributed by atoms with E-state index in [1.807, 2.05) is 12.1 Å². The van der Waals surface area contributed by atoms with Crippen LogP contribution in [0.3, 0.4) is 0 Å². The zero-order valence-electron chi connectivity index (χ0n) is 14.8. The van der Waals surface area contributed by atoms with Crippen LogP contribution in [0.15, 0.2) is 54.6 Å². The molecule has 2 N–H and O–H groups in total. The smallest absolute Gasteiger partial charge is 0.251 e. The number of ether oxygens (including phenoxy) is 1. The number of hydrogen-bond acceptors (Lipinski definition) is 3. The van der Waals surface area contributed by atoms with Gasteiger partial charge in [0.2, 0.25) is 0 Å². The molecule has 2 aromatic carbocycles. The molecule has 1 heterocycles. The molecule has 1 saturated heterocycles. The molecule has 0 saturated carbocycles. The van der Waals surface area contributed by atoms with Gasteiger partial charge in [0.05, 0.1) is 13.1 Å². The molecular formula is C21H24N3O2+. The van der Waals surface area contributed by atoms with Crippen LogP contribution in [-0.2, 0) is 6.54 Å². The van der Waals surface area contributed by atoms with Crippen molar-refractivity contribution < 1.29 is 14.4 Å². The summed E-state index contributed by atoms with van der Waals surface area (Å²) in [6, 6.07) is 19.6. The van der Waals surface area contributed by atoms with Crippen molar-refractivity contribution in [3.05, 3.63) is 65.7 Å². The lowest BCUT2D eigenvalue weighted by atomic mass is 10.0. The second kappa shape index (κ2) is 9.02. The molecule has 5 heteroatoms. The van der Waals surface area contributed by atoms with Gasteiger partial charge in [-0.3, -0.25) is 4.79 Å². The minimum atomic E-state index is -0.0478. The van der Waals surface area contributed by atoms with Gasteiger partial charge in [-0.05, 0) is 24.3 Å². The second-order valence-electron chi connectivity index (χ2n) is 6.63. The normalized spacial score (nSPS) is 19.3. The number of rotatable bonds is 6. The van der Waals surface area contributed by atoms with Crippen molar-refractivity contribution in [3.63, 3.8) is 0 Å². The number of nitrogens with zero attached hydrogens (tertiary/aromatic N) is 1. The molecular weight excluding hydrogens is 326 g/mol. The van der Waals surface area contributed by atoms with E-state index in [1.54, 1.807) is 29.2 Å². The van der Waals surface area contributed by atoms with Gasteiger partial charge >= 0.3 is 0 Å². The predicted molar refractivity (Wildman–Crippen MR) is 98.9 cm³/mol. The molecule has 26 heavy (non-hydrogen) atoms. The van der Waals surface area contributed by atoms with Crippen LogP contribution in [0.2, 0.25) is 0 Å². The number of nitriles is 1. The second-order valence-corrected chi connectivity index (χ2v) is 6.63. The fraction of sp³-hybridized carbons (Fsp3) is 0.333. The number of hydrogen-bond donors (Lipinski definition) is 2. The highest BCUT2D eigenvalue weighted by Crippen LogP contribution is 2.12. The van der Waals surface area contributed by atoms with Crippen LogP contribution < -0.4 is 15.0 Å². The molecule has 0 aliphatic carbocycles. The van der Waals surface area contributed by atoms with Crippen LogP contribution >= 0.6 is 0 Å². The molecule has 2 aromatic rings. The Bertz CT molecular complexity index is 745. The fourth-order valence-corrected chi connectivity index (χ4v) is 3.32. The maximum atomic E-state index is 12.4. The van der Waals surface area contributed by atoms with Crippen molar-refractivity contribution in [1.82, 2.24) is 5.32 Å². The predicted octanol–water partition coefficient (Wildman–Crippen LogP) is 1.57. The van der Waals surface area contributed by atoms with Crippen LogP contribution in [0, 0.1) is 11.3 Å². The third-order valence-corrected chi connectivity index (χ3v) is 4.74. The summed E-state index contributed by atoms with van der Waals surface area (Å²) >= 11 is 0. The summed E-state index contributed by atoms with van der Waals surface area (Å²) in [5, 5.41) is 11.6. The summed E-state index contributed by atoms with van der Waals surface area (Å²) in [5.41, 5.74) is 1.98. The lowest BCUT2D eigenvalue weighted by Gasteiger charge is -2.29. The minimum Gasteiger partial charge on any atom is -0.479 e. The molecule has 0 bridgehead atoms. The Morgan fingerprint density at radius 1 is 1.12 bits per heavy atom. The van der Waals surface area contributed by atoms with Gasteiger partial charge in [0.1, 0.15) is 18.4 Å². The SMILES string of the molecule is N#CCOc1ccc(C(=O)NC2CC[NH+](Cc3ccccc3)CC2)cc1. The van der Waals surface area contributed by atoms with Crippen LogP contribution in [0.25, 0.3) is 0 Å². The highest BCUT2D eigenvalue weighted by molar-refractivity contribution is 5.94. The van der Waals surface area contributed by atoms with E-state index < -0.39 is 0 Å². The van der Waals surface area contributed by atoms with Gasteiger partial charge in [0.25, 0.3) is 5.91 Å². The number of amides is 1. The molecule has 0 aromatic heterocycles. The summed E-state index contributed by atoms with van der Waals surface area (Å²) in [4.78, 5) is 14.0. The number of piperidine rings is 1. The van der Waals surface area contributed by atoms with Crippen LogP contribution in [0.1, 0.15) is 28.8 Å². The number of benzene rings is 2. The van der Waals surface area contributed by atoms with Gasteiger partial charge in [-0.2, -0.15) is 5.26 Å². The monoisotopic (exact) mass is 350 g/mol. The van der Waals surface area contributed by atoms with Gasteiger partial charge in [0, 0.05) is 30.0 Å². The zero-order valence-corrected chi connectivity index (χ0v) is 14.8. The standard InChI is InChI=1S/C21H23N3O2/c22-12-15-26-20-8-6-18(7-9-20)21(25)23-19-10-13-24(14-11-19)16-17-4-2-1-3-5-17/h1-9,19H,10-11,13-16H2,(H,23,25)/p+1. The molecule has 0 spiro atoms. The Hall–Kier alpha value is -2.84. The first-order chi connectivity index (χ1) is 12.7. The summed E-state index contributed by atoms with van der Waals surface area (Å²) in [5.74, 6) is 0.550.